The highest BCUT2D eigenvalue weighted by atomic mass is 35.5. The first-order valence-corrected chi connectivity index (χ1v) is 6.65. The number of likely N-dealkylation sites (N-methyl/N-ethyl adjacent to an activating group) is 1. The van der Waals surface area contributed by atoms with Gasteiger partial charge in [0, 0.05) is 24.7 Å². The number of anilines is 2. The molecule has 1 aromatic rings. The van der Waals surface area contributed by atoms with Crippen molar-refractivity contribution in [3.05, 3.63) is 23.2 Å². The molecule has 1 atom stereocenters. The molecule has 1 aromatic carbocycles. The average molecular weight is 266 g/mol. The lowest BCUT2D eigenvalue weighted by molar-refractivity contribution is -0.119. The van der Waals surface area contributed by atoms with E-state index in [-0.39, 0.29) is 11.9 Å². The maximum absolute atomic E-state index is 12.1. The second-order valence-electron chi connectivity index (χ2n) is 4.72. The van der Waals surface area contributed by atoms with Crippen molar-refractivity contribution in [3.63, 3.8) is 0 Å². The molecule has 1 saturated heterocycles. The third-order valence-electron chi connectivity index (χ3n) is 3.64. The van der Waals surface area contributed by atoms with E-state index in [0.29, 0.717) is 11.6 Å². The van der Waals surface area contributed by atoms with E-state index in [2.05, 4.69) is 17.1 Å². The number of halogens is 1. The smallest absolute Gasteiger partial charge is 0.241 e. The molecule has 0 bridgehead atoms. The summed E-state index contributed by atoms with van der Waals surface area (Å²) in [6.07, 6.45) is 0. The quantitative estimate of drug-likeness (QED) is 0.836. The second kappa shape index (κ2) is 4.44. The predicted molar refractivity (Wildman–Crippen MR) is 73.5 cm³/mol. The molecule has 0 aliphatic carbocycles. The molecular formula is C13H16ClN3O. The van der Waals surface area contributed by atoms with Crippen molar-refractivity contribution >= 4 is 28.9 Å². The van der Waals surface area contributed by atoms with Gasteiger partial charge in [0.05, 0.1) is 24.0 Å². The van der Waals surface area contributed by atoms with Crippen LogP contribution in [0.5, 0.6) is 0 Å². The summed E-state index contributed by atoms with van der Waals surface area (Å²) >= 11 is 6.07. The van der Waals surface area contributed by atoms with Gasteiger partial charge in [0.15, 0.2) is 0 Å². The minimum absolute atomic E-state index is 0.130. The van der Waals surface area contributed by atoms with Crippen LogP contribution in [0, 0.1) is 0 Å². The first-order chi connectivity index (χ1) is 8.70. The summed E-state index contributed by atoms with van der Waals surface area (Å²) < 4.78 is 0. The van der Waals surface area contributed by atoms with Crippen LogP contribution in [0.4, 0.5) is 11.4 Å². The van der Waals surface area contributed by atoms with Gasteiger partial charge in [0.25, 0.3) is 0 Å². The van der Waals surface area contributed by atoms with Crippen LogP contribution in [-0.2, 0) is 4.79 Å². The third kappa shape index (κ3) is 1.76. The molecule has 0 radical (unpaired) electrons. The van der Waals surface area contributed by atoms with Crippen LogP contribution in [0.25, 0.3) is 0 Å². The molecule has 2 aliphatic rings. The Balaban J connectivity index is 2.10. The Bertz CT molecular complexity index is 491. The molecule has 0 aromatic heterocycles. The summed E-state index contributed by atoms with van der Waals surface area (Å²) in [5, 5.41) is 3.85. The Labute approximate surface area is 112 Å². The van der Waals surface area contributed by atoms with Gasteiger partial charge in [-0.25, -0.2) is 0 Å². The number of hydrogen-bond acceptors (Lipinski definition) is 3. The number of hydrogen-bond donors (Lipinski definition) is 1. The zero-order chi connectivity index (χ0) is 12.7. The zero-order valence-corrected chi connectivity index (χ0v) is 11.1. The van der Waals surface area contributed by atoms with E-state index in [4.69, 9.17) is 11.6 Å². The number of nitrogens with one attached hydrogen (secondary N) is 1. The van der Waals surface area contributed by atoms with Crippen LogP contribution in [0.1, 0.15) is 6.92 Å². The summed E-state index contributed by atoms with van der Waals surface area (Å²) in [5.41, 5.74) is 2.06. The van der Waals surface area contributed by atoms with Crippen LogP contribution >= 0.6 is 11.6 Å². The van der Waals surface area contributed by atoms with E-state index in [9.17, 15) is 4.79 Å². The van der Waals surface area contributed by atoms with E-state index in [1.165, 1.54) is 0 Å². The lowest BCUT2D eigenvalue weighted by Gasteiger charge is -2.45. The van der Waals surface area contributed by atoms with E-state index < -0.39 is 0 Å². The van der Waals surface area contributed by atoms with Gasteiger partial charge in [-0.05, 0) is 25.1 Å². The van der Waals surface area contributed by atoms with Crippen molar-refractivity contribution in [1.29, 1.82) is 0 Å². The number of carbonyl (C=O) groups excluding carboxylic acids is 1. The van der Waals surface area contributed by atoms with Crippen LogP contribution in [0.15, 0.2) is 18.2 Å². The topological polar surface area (TPSA) is 35.6 Å². The van der Waals surface area contributed by atoms with Crippen molar-refractivity contribution < 1.29 is 4.79 Å². The monoisotopic (exact) mass is 265 g/mol. The van der Waals surface area contributed by atoms with Gasteiger partial charge in [-0.1, -0.05) is 11.6 Å². The lowest BCUT2D eigenvalue weighted by Crippen LogP contribution is -2.61. The van der Waals surface area contributed by atoms with Gasteiger partial charge >= 0.3 is 0 Å². The normalized spacial score (nSPS) is 22.8. The molecule has 0 saturated carbocycles. The van der Waals surface area contributed by atoms with Crippen LogP contribution in [0.2, 0.25) is 5.02 Å². The standard InChI is InChI=1S/C13H16ClN3O/c1-2-16-8-10-6-15-7-13(18)17(10)12-5-9(14)3-4-11(12)16/h3-5,10,15H,2,6-8H2,1H3. The van der Waals surface area contributed by atoms with Crippen molar-refractivity contribution in [1.82, 2.24) is 5.32 Å². The molecule has 18 heavy (non-hydrogen) atoms. The fourth-order valence-corrected chi connectivity index (χ4v) is 2.98. The summed E-state index contributed by atoms with van der Waals surface area (Å²) in [7, 11) is 0. The molecule has 1 N–H and O–H groups in total. The number of rotatable bonds is 1. The van der Waals surface area contributed by atoms with Crippen molar-refractivity contribution in [2.75, 3.05) is 36.0 Å². The number of fused-ring (bicyclic) bond motifs is 3. The minimum atomic E-state index is 0.130. The largest absolute Gasteiger partial charge is 0.368 e. The van der Waals surface area contributed by atoms with E-state index in [1.807, 2.05) is 23.1 Å². The van der Waals surface area contributed by atoms with Gasteiger partial charge in [-0.3, -0.25) is 4.79 Å². The van der Waals surface area contributed by atoms with Gasteiger partial charge in [0.2, 0.25) is 5.91 Å². The molecule has 0 spiro atoms. The van der Waals surface area contributed by atoms with Gasteiger partial charge < -0.3 is 15.1 Å². The number of carbonyl (C=O) groups is 1. The van der Waals surface area contributed by atoms with E-state index in [0.717, 1.165) is 31.0 Å². The Morgan fingerprint density at radius 1 is 1.44 bits per heavy atom. The fraction of sp³-hybridized carbons (Fsp3) is 0.462. The Hall–Kier alpha value is -1.26. The highest BCUT2D eigenvalue weighted by Crippen LogP contribution is 2.37. The highest BCUT2D eigenvalue weighted by molar-refractivity contribution is 6.31. The van der Waals surface area contributed by atoms with E-state index in [1.54, 1.807) is 0 Å². The second-order valence-corrected chi connectivity index (χ2v) is 5.16. The van der Waals surface area contributed by atoms with Gasteiger partial charge in [0.1, 0.15) is 0 Å². The Kier molecular flexibility index (Phi) is 2.92. The minimum Gasteiger partial charge on any atom is -0.368 e. The van der Waals surface area contributed by atoms with Crippen LogP contribution < -0.4 is 15.1 Å². The number of piperazine rings is 1. The molecule has 3 rings (SSSR count). The number of nitrogens with zero attached hydrogens (tertiary/aromatic N) is 2. The molecule has 4 nitrogen and oxygen atoms in total. The zero-order valence-electron chi connectivity index (χ0n) is 10.3. The first-order valence-electron chi connectivity index (χ1n) is 6.28. The molecule has 1 fully saturated rings. The molecule has 96 valence electrons. The van der Waals surface area contributed by atoms with E-state index >= 15 is 0 Å². The predicted octanol–water partition coefficient (Wildman–Crippen LogP) is 1.48. The maximum atomic E-state index is 12.1. The summed E-state index contributed by atoms with van der Waals surface area (Å²) in [5.74, 6) is 0.130. The average Bonchev–Trinajstić information content (AvgIpc) is 2.37. The SMILES string of the molecule is CCN1CC2CNCC(=O)N2c2cc(Cl)ccc21. The number of amides is 1. The molecule has 5 heteroatoms. The third-order valence-corrected chi connectivity index (χ3v) is 3.88. The van der Waals surface area contributed by atoms with Gasteiger partial charge in [-0.15, -0.1) is 0 Å². The van der Waals surface area contributed by atoms with Crippen LogP contribution in [0.3, 0.4) is 0 Å². The van der Waals surface area contributed by atoms with Crippen molar-refractivity contribution in [2.45, 2.75) is 13.0 Å². The van der Waals surface area contributed by atoms with Crippen molar-refractivity contribution in [2.24, 2.45) is 0 Å². The Morgan fingerprint density at radius 3 is 3.06 bits per heavy atom. The lowest BCUT2D eigenvalue weighted by atomic mass is 10.0. The summed E-state index contributed by atoms with van der Waals surface area (Å²) in [6, 6.07) is 6.00. The maximum Gasteiger partial charge on any atom is 0.241 e. The van der Waals surface area contributed by atoms with Gasteiger partial charge in [-0.2, -0.15) is 0 Å². The summed E-state index contributed by atoms with van der Waals surface area (Å²) in [4.78, 5) is 16.3. The summed E-state index contributed by atoms with van der Waals surface area (Å²) in [6.45, 7) is 5.20. The fourth-order valence-electron chi connectivity index (χ4n) is 2.81. The molecule has 1 amide bonds. The molecule has 2 heterocycles. The van der Waals surface area contributed by atoms with Crippen LogP contribution in [-0.4, -0.2) is 38.1 Å². The number of benzene rings is 1. The molecule has 2 aliphatic heterocycles. The molecule has 1 unspecified atom stereocenters. The van der Waals surface area contributed by atoms with Crippen molar-refractivity contribution in [3.8, 4) is 0 Å². The molecular weight excluding hydrogens is 250 g/mol. The first kappa shape index (κ1) is 11.8. The Morgan fingerprint density at radius 2 is 2.28 bits per heavy atom. The highest BCUT2D eigenvalue weighted by Gasteiger charge is 2.36.